The molecule has 0 aliphatic carbocycles. The van der Waals surface area contributed by atoms with Crippen molar-refractivity contribution in [3.05, 3.63) is 33.9 Å². The van der Waals surface area contributed by atoms with E-state index in [0.29, 0.717) is 0 Å². The normalized spacial score (nSPS) is 11.1. The van der Waals surface area contributed by atoms with E-state index in [-0.39, 0.29) is 17.5 Å². The highest BCUT2D eigenvalue weighted by Gasteiger charge is 2.29. The van der Waals surface area contributed by atoms with Gasteiger partial charge in [0.2, 0.25) is 0 Å². The van der Waals surface area contributed by atoms with Crippen molar-refractivity contribution in [2.24, 2.45) is 0 Å². The molecule has 1 rings (SSSR count). The molecule has 18 heavy (non-hydrogen) atoms. The van der Waals surface area contributed by atoms with Crippen molar-refractivity contribution in [2.45, 2.75) is 6.18 Å². The fourth-order valence-corrected chi connectivity index (χ4v) is 1.40. The van der Waals surface area contributed by atoms with Crippen LogP contribution < -0.4 is 4.90 Å². The van der Waals surface area contributed by atoms with Crippen molar-refractivity contribution in [2.75, 3.05) is 18.5 Å². The van der Waals surface area contributed by atoms with Crippen LogP contribution in [0.5, 0.6) is 0 Å². The summed E-state index contributed by atoms with van der Waals surface area (Å²) in [5.41, 5.74) is -0.610. The number of nitro benzene ring substituents is 1. The third-order valence-electron chi connectivity index (χ3n) is 2.19. The molecule has 5 nitrogen and oxygen atoms in total. The van der Waals surface area contributed by atoms with Crippen LogP contribution in [0.1, 0.15) is 10.4 Å². The predicted molar refractivity (Wildman–Crippen MR) is 57.8 cm³/mol. The third kappa shape index (κ3) is 3.44. The summed E-state index contributed by atoms with van der Waals surface area (Å²) in [6.07, 6.45) is -4.15. The van der Waals surface area contributed by atoms with Crippen molar-refractivity contribution in [3.8, 4) is 0 Å². The number of alkyl halides is 3. The van der Waals surface area contributed by atoms with Crippen LogP contribution in [-0.2, 0) is 0 Å². The lowest BCUT2D eigenvalue weighted by molar-refractivity contribution is -0.385. The Morgan fingerprint density at radius 1 is 1.44 bits per heavy atom. The van der Waals surface area contributed by atoms with Crippen LogP contribution in [0.4, 0.5) is 24.5 Å². The number of anilines is 1. The van der Waals surface area contributed by atoms with E-state index >= 15 is 0 Å². The van der Waals surface area contributed by atoms with Crippen molar-refractivity contribution in [3.63, 3.8) is 0 Å². The molecule has 0 bridgehead atoms. The zero-order valence-corrected chi connectivity index (χ0v) is 9.27. The summed E-state index contributed by atoms with van der Waals surface area (Å²) >= 11 is 0. The minimum absolute atomic E-state index is 0.0834. The first kappa shape index (κ1) is 13.9. The number of nitro groups is 1. The lowest BCUT2D eigenvalue weighted by atomic mass is 10.1. The second-order valence-electron chi connectivity index (χ2n) is 3.59. The van der Waals surface area contributed by atoms with E-state index in [2.05, 4.69) is 0 Å². The van der Waals surface area contributed by atoms with Gasteiger partial charge in [0.15, 0.2) is 6.29 Å². The van der Waals surface area contributed by atoms with Gasteiger partial charge >= 0.3 is 6.18 Å². The molecule has 0 fully saturated rings. The molecular weight excluding hydrogens is 253 g/mol. The molecule has 0 radical (unpaired) electrons. The number of carbonyl (C=O) groups excluding carboxylic acids is 1. The Bertz CT molecular complexity index is 474. The monoisotopic (exact) mass is 262 g/mol. The number of nitrogens with zero attached hydrogens (tertiary/aromatic N) is 2. The highest BCUT2D eigenvalue weighted by Crippen LogP contribution is 2.25. The van der Waals surface area contributed by atoms with E-state index in [4.69, 9.17) is 0 Å². The molecule has 0 aliphatic rings. The lowest BCUT2D eigenvalue weighted by Crippen LogP contribution is -2.30. The summed E-state index contributed by atoms with van der Waals surface area (Å²) in [6, 6.07) is 3.22. The van der Waals surface area contributed by atoms with Gasteiger partial charge in [0, 0.05) is 18.8 Å². The van der Waals surface area contributed by atoms with Gasteiger partial charge in [-0.3, -0.25) is 14.9 Å². The minimum atomic E-state index is -4.39. The van der Waals surface area contributed by atoms with Crippen LogP contribution >= 0.6 is 0 Å². The topological polar surface area (TPSA) is 63.4 Å². The van der Waals surface area contributed by atoms with Crippen LogP contribution in [0.25, 0.3) is 0 Å². The number of rotatable bonds is 4. The van der Waals surface area contributed by atoms with Crippen molar-refractivity contribution >= 4 is 17.7 Å². The molecule has 0 amide bonds. The van der Waals surface area contributed by atoms with Gasteiger partial charge in [0.25, 0.3) is 5.69 Å². The Morgan fingerprint density at radius 3 is 2.50 bits per heavy atom. The molecule has 98 valence electrons. The van der Waals surface area contributed by atoms with Crippen molar-refractivity contribution < 1.29 is 22.9 Å². The summed E-state index contributed by atoms with van der Waals surface area (Å²) in [6.45, 7) is -1.21. The molecule has 0 aliphatic heterocycles. The number of benzene rings is 1. The molecule has 1 aromatic carbocycles. The smallest absolute Gasteiger partial charge is 0.366 e. The maximum absolute atomic E-state index is 12.2. The Balaban J connectivity index is 3.05. The van der Waals surface area contributed by atoms with Gasteiger partial charge in [-0.15, -0.1) is 0 Å². The molecule has 0 aromatic heterocycles. The van der Waals surface area contributed by atoms with Crippen LogP contribution in [0, 0.1) is 10.1 Å². The van der Waals surface area contributed by atoms with Gasteiger partial charge in [-0.25, -0.2) is 0 Å². The van der Waals surface area contributed by atoms with Crippen molar-refractivity contribution in [1.82, 2.24) is 0 Å². The van der Waals surface area contributed by atoms with Gasteiger partial charge in [0.1, 0.15) is 6.54 Å². The quantitative estimate of drug-likeness (QED) is 0.475. The molecule has 8 heteroatoms. The molecule has 1 aromatic rings. The van der Waals surface area contributed by atoms with Crippen molar-refractivity contribution in [1.29, 1.82) is 0 Å². The zero-order chi connectivity index (χ0) is 13.9. The lowest BCUT2D eigenvalue weighted by Gasteiger charge is -2.20. The second-order valence-corrected chi connectivity index (χ2v) is 3.59. The molecule has 0 unspecified atom stereocenters. The maximum Gasteiger partial charge on any atom is 0.405 e. The summed E-state index contributed by atoms with van der Waals surface area (Å²) < 4.78 is 36.5. The predicted octanol–water partition coefficient (Wildman–Crippen LogP) is 2.41. The molecule has 0 saturated carbocycles. The summed E-state index contributed by atoms with van der Waals surface area (Å²) in [4.78, 5) is 21.3. The first-order valence-corrected chi connectivity index (χ1v) is 4.76. The Kier molecular flexibility index (Phi) is 3.89. The van der Waals surface area contributed by atoms with Gasteiger partial charge in [-0.1, -0.05) is 0 Å². The average molecular weight is 262 g/mol. The van der Waals surface area contributed by atoms with E-state index < -0.39 is 23.3 Å². The van der Waals surface area contributed by atoms with Crippen LogP contribution in [0.15, 0.2) is 18.2 Å². The van der Waals surface area contributed by atoms with E-state index in [1.165, 1.54) is 7.05 Å². The molecule has 0 N–H and O–H groups in total. The number of aldehydes is 1. The molecule has 0 spiro atoms. The summed E-state index contributed by atoms with van der Waals surface area (Å²) in [7, 11) is 1.18. The maximum atomic E-state index is 12.2. The summed E-state index contributed by atoms with van der Waals surface area (Å²) in [5, 5.41) is 10.5. The molecular formula is C10H9F3N2O3. The first-order chi connectivity index (χ1) is 8.24. The average Bonchev–Trinajstić information content (AvgIpc) is 2.25. The van der Waals surface area contributed by atoms with E-state index in [1.54, 1.807) is 0 Å². The standard InChI is InChI=1S/C10H9F3N2O3/c1-14(6-10(11,12)13)8-2-3-9(15(17)18)7(4-8)5-16/h2-5H,6H2,1H3. The minimum Gasteiger partial charge on any atom is -0.366 e. The highest BCUT2D eigenvalue weighted by molar-refractivity contribution is 5.83. The Hall–Kier alpha value is -2.12. The fourth-order valence-electron chi connectivity index (χ4n) is 1.40. The Labute approximate surface area is 100.0 Å². The number of hydrogen-bond donors (Lipinski definition) is 0. The molecule has 0 saturated heterocycles. The second kappa shape index (κ2) is 5.03. The fraction of sp³-hybridized carbons (Fsp3) is 0.300. The number of halogens is 3. The van der Waals surface area contributed by atoms with Crippen LogP contribution in [-0.4, -0.2) is 31.0 Å². The Morgan fingerprint density at radius 2 is 2.06 bits per heavy atom. The van der Waals surface area contributed by atoms with E-state index in [9.17, 15) is 28.1 Å². The molecule has 0 heterocycles. The van der Waals surface area contributed by atoms with Gasteiger partial charge in [-0.2, -0.15) is 13.2 Å². The van der Waals surface area contributed by atoms with E-state index in [1.807, 2.05) is 0 Å². The SMILES string of the molecule is CN(CC(F)(F)F)c1ccc([N+](=O)[O-])c(C=O)c1. The van der Waals surface area contributed by atoms with Gasteiger partial charge in [-0.05, 0) is 12.1 Å². The zero-order valence-electron chi connectivity index (χ0n) is 9.27. The largest absolute Gasteiger partial charge is 0.405 e. The summed E-state index contributed by atoms with van der Waals surface area (Å²) in [5.74, 6) is 0. The molecule has 0 atom stereocenters. The third-order valence-corrected chi connectivity index (χ3v) is 2.19. The number of hydrogen-bond acceptors (Lipinski definition) is 4. The van der Waals surface area contributed by atoms with Gasteiger partial charge < -0.3 is 4.90 Å². The van der Waals surface area contributed by atoms with Crippen LogP contribution in [0.2, 0.25) is 0 Å². The highest BCUT2D eigenvalue weighted by atomic mass is 19.4. The van der Waals surface area contributed by atoms with E-state index in [0.717, 1.165) is 23.1 Å². The first-order valence-electron chi connectivity index (χ1n) is 4.76. The van der Waals surface area contributed by atoms with Crippen LogP contribution in [0.3, 0.4) is 0 Å². The number of carbonyl (C=O) groups is 1. The van der Waals surface area contributed by atoms with Gasteiger partial charge in [0.05, 0.1) is 10.5 Å².